The predicted octanol–water partition coefficient (Wildman–Crippen LogP) is 0.762. The smallest absolute Gasteiger partial charge is 0.214 e. The van der Waals surface area contributed by atoms with E-state index in [2.05, 4.69) is 24.1 Å². The lowest BCUT2D eigenvalue weighted by Crippen LogP contribution is -2.33. The van der Waals surface area contributed by atoms with E-state index < -0.39 is 0 Å². The molecule has 0 bridgehead atoms. The van der Waals surface area contributed by atoms with Gasteiger partial charge < -0.3 is 9.64 Å². The average Bonchev–Trinajstić information content (AvgIpc) is 2.46. The third kappa shape index (κ3) is 1.75. The number of fused-ring (bicyclic) bond motifs is 1. The van der Waals surface area contributed by atoms with E-state index in [1.54, 1.807) is 0 Å². The first-order chi connectivity index (χ1) is 6.66. The van der Waals surface area contributed by atoms with Gasteiger partial charge in [-0.1, -0.05) is 0 Å². The summed E-state index contributed by atoms with van der Waals surface area (Å²) >= 11 is 0. The quantitative estimate of drug-likeness (QED) is 0.698. The Morgan fingerprint density at radius 1 is 1.64 bits per heavy atom. The maximum atomic E-state index is 5.68. The van der Waals surface area contributed by atoms with Crippen LogP contribution in [0.25, 0.3) is 0 Å². The molecule has 1 aliphatic heterocycles. The van der Waals surface area contributed by atoms with E-state index in [0.717, 1.165) is 31.1 Å². The summed E-state index contributed by atoms with van der Waals surface area (Å²) in [5, 5.41) is 4.29. The lowest BCUT2D eigenvalue weighted by Gasteiger charge is -2.26. The SMILES string of the molecule is Cc1cnn2c1OCC(CN(C)C)C2. The largest absolute Gasteiger partial charge is 0.477 e. The van der Waals surface area contributed by atoms with Gasteiger partial charge >= 0.3 is 0 Å². The molecule has 1 atom stereocenters. The highest BCUT2D eigenvalue weighted by Gasteiger charge is 2.21. The van der Waals surface area contributed by atoms with Gasteiger partial charge in [-0.15, -0.1) is 0 Å². The summed E-state index contributed by atoms with van der Waals surface area (Å²) in [7, 11) is 4.17. The highest BCUT2D eigenvalue weighted by Crippen LogP contribution is 2.23. The van der Waals surface area contributed by atoms with Crippen molar-refractivity contribution in [1.82, 2.24) is 14.7 Å². The van der Waals surface area contributed by atoms with Gasteiger partial charge in [0.05, 0.1) is 19.3 Å². The minimum absolute atomic E-state index is 0.553. The van der Waals surface area contributed by atoms with Gasteiger partial charge in [-0.05, 0) is 21.0 Å². The minimum Gasteiger partial charge on any atom is -0.477 e. The second kappa shape index (κ2) is 3.61. The topological polar surface area (TPSA) is 30.3 Å². The summed E-state index contributed by atoms with van der Waals surface area (Å²) in [5.74, 6) is 1.50. The molecule has 1 unspecified atom stereocenters. The number of ether oxygens (including phenoxy) is 1. The first-order valence-electron chi connectivity index (χ1n) is 4.96. The molecular weight excluding hydrogens is 178 g/mol. The molecule has 4 heteroatoms. The molecule has 0 saturated carbocycles. The standard InChI is InChI=1S/C10H17N3O/c1-8-4-11-13-6-9(5-12(2)3)7-14-10(8)13/h4,9H,5-7H2,1-3H3. The van der Waals surface area contributed by atoms with E-state index in [-0.39, 0.29) is 0 Å². The van der Waals surface area contributed by atoms with E-state index in [9.17, 15) is 0 Å². The van der Waals surface area contributed by atoms with Crippen molar-refractivity contribution in [3.8, 4) is 5.88 Å². The van der Waals surface area contributed by atoms with Crippen LogP contribution < -0.4 is 4.74 Å². The van der Waals surface area contributed by atoms with Gasteiger partial charge in [-0.25, -0.2) is 4.68 Å². The summed E-state index contributed by atoms with van der Waals surface area (Å²) in [5.41, 5.74) is 1.13. The van der Waals surface area contributed by atoms with Crippen molar-refractivity contribution >= 4 is 0 Å². The van der Waals surface area contributed by atoms with Crippen LogP contribution in [-0.4, -0.2) is 41.9 Å². The van der Waals surface area contributed by atoms with Crippen LogP contribution in [0, 0.1) is 12.8 Å². The Bertz CT molecular complexity index is 319. The van der Waals surface area contributed by atoms with Crippen molar-refractivity contribution in [3.63, 3.8) is 0 Å². The Labute approximate surface area is 84.5 Å². The zero-order chi connectivity index (χ0) is 10.1. The van der Waals surface area contributed by atoms with Gasteiger partial charge in [0.2, 0.25) is 5.88 Å². The molecule has 0 saturated heterocycles. The van der Waals surface area contributed by atoms with Crippen molar-refractivity contribution in [2.45, 2.75) is 13.5 Å². The Morgan fingerprint density at radius 2 is 2.43 bits per heavy atom. The molecule has 0 radical (unpaired) electrons. The number of hydrogen-bond acceptors (Lipinski definition) is 3. The van der Waals surface area contributed by atoms with Gasteiger partial charge in [-0.3, -0.25) is 0 Å². The molecule has 0 aromatic carbocycles. The summed E-state index contributed by atoms with van der Waals surface area (Å²) in [6, 6.07) is 0. The molecule has 1 aromatic heterocycles. The maximum Gasteiger partial charge on any atom is 0.214 e. The Kier molecular flexibility index (Phi) is 2.46. The highest BCUT2D eigenvalue weighted by atomic mass is 16.5. The first-order valence-corrected chi connectivity index (χ1v) is 4.96. The molecule has 0 aliphatic carbocycles. The van der Waals surface area contributed by atoms with Crippen LogP contribution in [0.5, 0.6) is 5.88 Å². The zero-order valence-corrected chi connectivity index (χ0v) is 9.03. The number of aryl methyl sites for hydroxylation is 1. The number of nitrogens with zero attached hydrogens (tertiary/aromatic N) is 3. The van der Waals surface area contributed by atoms with Crippen molar-refractivity contribution in [2.24, 2.45) is 5.92 Å². The molecule has 0 fully saturated rings. The van der Waals surface area contributed by atoms with Crippen LogP contribution in [-0.2, 0) is 6.54 Å². The zero-order valence-electron chi connectivity index (χ0n) is 9.03. The summed E-state index contributed by atoms with van der Waals surface area (Å²) in [4.78, 5) is 2.19. The van der Waals surface area contributed by atoms with Crippen molar-refractivity contribution in [1.29, 1.82) is 0 Å². The summed E-state index contributed by atoms with van der Waals surface area (Å²) in [6.07, 6.45) is 1.87. The van der Waals surface area contributed by atoms with E-state index in [1.807, 2.05) is 17.8 Å². The lowest BCUT2D eigenvalue weighted by molar-refractivity contribution is 0.138. The molecule has 4 nitrogen and oxygen atoms in total. The third-order valence-electron chi connectivity index (χ3n) is 2.47. The predicted molar refractivity (Wildman–Crippen MR) is 54.5 cm³/mol. The first kappa shape index (κ1) is 9.52. The molecule has 78 valence electrons. The monoisotopic (exact) mass is 195 g/mol. The van der Waals surface area contributed by atoms with E-state index in [0.29, 0.717) is 5.92 Å². The highest BCUT2D eigenvalue weighted by molar-refractivity contribution is 5.23. The van der Waals surface area contributed by atoms with Gasteiger partial charge in [-0.2, -0.15) is 5.10 Å². The van der Waals surface area contributed by atoms with Crippen LogP contribution in [0.2, 0.25) is 0 Å². The minimum atomic E-state index is 0.553. The van der Waals surface area contributed by atoms with Gasteiger partial charge in [0, 0.05) is 18.0 Å². The maximum absolute atomic E-state index is 5.68. The van der Waals surface area contributed by atoms with E-state index >= 15 is 0 Å². The van der Waals surface area contributed by atoms with Crippen molar-refractivity contribution < 1.29 is 4.74 Å². The van der Waals surface area contributed by atoms with Crippen LogP contribution in [0.15, 0.2) is 6.20 Å². The van der Waals surface area contributed by atoms with E-state index in [4.69, 9.17) is 4.74 Å². The molecule has 2 rings (SSSR count). The second-order valence-corrected chi connectivity index (χ2v) is 4.25. The summed E-state index contributed by atoms with van der Waals surface area (Å²) in [6.45, 7) is 4.87. The van der Waals surface area contributed by atoms with Gasteiger partial charge in [0.25, 0.3) is 0 Å². The van der Waals surface area contributed by atoms with Crippen LogP contribution >= 0.6 is 0 Å². The molecular formula is C10H17N3O. The fraction of sp³-hybridized carbons (Fsp3) is 0.700. The summed E-state index contributed by atoms with van der Waals surface area (Å²) < 4.78 is 7.65. The molecule has 14 heavy (non-hydrogen) atoms. The van der Waals surface area contributed by atoms with Crippen LogP contribution in [0.4, 0.5) is 0 Å². The van der Waals surface area contributed by atoms with Crippen molar-refractivity contribution in [2.75, 3.05) is 27.2 Å². The Morgan fingerprint density at radius 3 is 3.14 bits per heavy atom. The Balaban J connectivity index is 2.06. The normalized spacial score (nSPS) is 20.7. The lowest BCUT2D eigenvalue weighted by atomic mass is 10.1. The molecule has 0 N–H and O–H groups in total. The number of aromatic nitrogens is 2. The molecule has 2 heterocycles. The molecule has 1 aliphatic rings. The second-order valence-electron chi connectivity index (χ2n) is 4.25. The molecule has 0 amide bonds. The van der Waals surface area contributed by atoms with Gasteiger partial charge in [0.1, 0.15) is 0 Å². The third-order valence-corrected chi connectivity index (χ3v) is 2.47. The number of rotatable bonds is 2. The number of hydrogen-bond donors (Lipinski definition) is 0. The van der Waals surface area contributed by atoms with Crippen molar-refractivity contribution in [3.05, 3.63) is 11.8 Å². The fourth-order valence-corrected chi connectivity index (χ4v) is 1.91. The van der Waals surface area contributed by atoms with E-state index in [1.165, 1.54) is 0 Å². The van der Waals surface area contributed by atoms with Gasteiger partial charge in [0.15, 0.2) is 0 Å². The Hall–Kier alpha value is -1.03. The van der Waals surface area contributed by atoms with Crippen LogP contribution in [0.1, 0.15) is 5.56 Å². The van der Waals surface area contributed by atoms with Crippen LogP contribution in [0.3, 0.4) is 0 Å². The molecule has 0 spiro atoms. The average molecular weight is 195 g/mol. The fourth-order valence-electron chi connectivity index (χ4n) is 1.91. The molecule has 1 aromatic rings.